The van der Waals surface area contributed by atoms with Gasteiger partial charge in [0.05, 0.1) is 24.8 Å². The second-order valence-corrected chi connectivity index (χ2v) is 8.20. The molecule has 1 amide bonds. The van der Waals surface area contributed by atoms with E-state index in [0.717, 1.165) is 11.1 Å². The van der Waals surface area contributed by atoms with Gasteiger partial charge < -0.3 is 19.9 Å². The maximum absolute atomic E-state index is 12.3. The molecule has 0 aromatic heterocycles. The Balaban J connectivity index is 2.11. The topological polar surface area (TPSA) is 84.9 Å². The Morgan fingerprint density at radius 3 is 2.30 bits per heavy atom. The van der Waals surface area contributed by atoms with Gasteiger partial charge in [0.15, 0.2) is 0 Å². The summed E-state index contributed by atoms with van der Waals surface area (Å²) in [6.07, 6.45) is -0.115. The summed E-state index contributed by atoms with van der Waals surface area (Å²) in [4.78, 5) is 24.3. The highest BCUT2D eigenvalue weighted by Gasteiger charge is 2.25. The molecule has 0 unspecified atom stereocenters. The van der Waals surface area contributed by atoms with Crippen LogP contribution in [0.15, 0.2) is 54.6 Å². The van der Waals surface area contributed by atoms with Crippen LogP contribution >= 0.6 is 0 Å². The number of aryl methyl sites for hydroxylation is 1. The van der Waals surface area contributed by atoms with Crippen molar-refractivity contribution >= 4 is 12.1 Å². The largest absolute Gasteiger partial charge is 0.465 e. The van der Waals surface area contributed by atoms with E-state index in [0.29, 0.717) is 24.8 Å². The number of hydrogen-bond acceptors (Lipinski definition) is 5. The Bertz CT molecular complexity index is 829. The molecule has 2 N–H and O–H groups in total. The predicted octanol–water partition coefficient (Wildman–Crippen LogP) is 3.90. The molecule has 0 aliphatic carbocycles. The zero-order chi connectivity index (χ0) is 22.1. The smallest absolute Gasteiger partial charge is 0.407 e. The van der Waals surface area contributed by atoms with Crippen LogP contribution in [0.4, 0.5) is 4.79 Å². The molecule has 2 aromatic rings. The Morgan fingerprint density at radius 1 is 1.03 bits per heavy atom. The maximum Gasteiger partial charge on any atom is 0.407 e. The number of carbonyl (C=O) groups is 2. The molecule has 0 radical (unpaired) electrons. The van der Waals surface area contributed by atoms with E-state index in [2.05, 4.69) is 5.32 Å². The lowest BCUT2D eigenvalue weighted by molar-refractivity contribution is 0.0414. The molecule has 2 aromatic carbocycles. The summed E-state index contributed by atoms with van der Waals surface area (Å²) < 4.78 is 10.2. The van der Waals surface area contributed by atoms with Crippen molar-refractivity contribution in [3.05, 3.63) is 71.3 Å². The third kappa shape index (κ3) is 7.52. The van der Waals surface area contributed by atoms with E-state index in [1.807, 2.05) is 42.5 Å². The van der Waals surface area contributed by atoms with Crippen molar-refractivity contribution < 1.29 is 24.2 Å². The summed E-state index contributed by atoms with van der Waals surface area (Å²) in [7, 11) is 1.34. The number of amides is 1. The molecular formula is C24H31NO5. The molecule has 6 nitrogen and oxygen atoms in total. The number of benzene rings is 2. The number of hydrogen-bond donors (Lipinski definition) is 2. The fourth-order valence-corrected chi connectivity index (χ4v) is 3.16. The van der Waals surface area contributed by atoms with Crippen LogP contribution in [0.25, 0.3) is 0 Å². The van der Waals surface area contributed by atoms with Crippen LogP contribution in [-0.2, 0) is 22.3 Å². The van der Waals surface area contributed by atoms with E-state index in [1.165, 1.54) is 7.11 Å². The molecule has 0 bridgehead atoms. The Labute approximate surface area is 178 Å². The maximum atomic E-state index is 12.3. The van der Waals surface area contributed by atoms with Gasteiger partial charge in [-0.05, 0) is 57.2 Å². The van der Waals surface area contributed by atoms with Crippen LogP contribution in [0.5, 0.6) is 0 Å². The lowest BCUT2D eigenvalue weighted by Gasteiger charge is -2.27. The number of aliphatic hydroxyl groups is 1. The lowest BCUT2D eigenvalue weighted by atomic mass is 9.95. The van der Waals surface area contributed by atoms with E-state index in [4.69, 9.17) is 9.47 Å². The Kier molecular flexibility index (Phi) is 8.42. The molecule has 0 saturated heterocycles. The van der Waals surface area contributed by atoms with E-state index < -0.39 is 29.8 Å². The van der Waals surface area contributed by atoms with Gasteiger partial charge in [0.2, 0.25) is 0 Å². The van der Waals surface area contributed by atoms with Crippen molar-refractivity contribution in [2.24, 2.45) is 0 Å². The highest BCUT2D eigenvalue weighted by molar-refractivity contribution is 5.90. The molecule has 30 heavy (non-hydrogen) atoms. The monoisotopic (exact) mass is 413 g/mol. The number of methoxy groups -OCH3 is 1. The number of esters is 1. The van der Waals surface area contributed by atoms with E-state index in [1.54, 1.807) is 32.9 Å². The van der Waals surface area contributed by atoms with Gasteiger partial charge in [-0.15, -0.1) is 0 Å². The average molecular weight is 414 g/mol. The third-order valence-corrected chi connectivity index (χ3v) is 4.60. The number of rotatable bonds is 8. The second-order valence-electron chi connectivity index (χ2n) is 8.20. The highest BCUT2D eigenvalue weighted by atomic mass is 16.6. The van der Waals surface area contributed by atoms with Gasteiger partial charge in [-0.2, -0.15) is 0 Å². The van der Waals surface area contributed by atoms with Crippen molar-refractivity contribution in [1.82, 2.24) is 5.32 Å². The zero-order valence-electron chi connectivity index (χ0n) is 18.1. The van der Waals surface area contributed by atoms with Crippen molar-refractivity contribution in [3.8, 4) is 0 Å². The number of nitrogens with one attached hydrogen (secondary N) is 1. The first-order chi connectivity index (χ1) is 14.2. The van der Waals surface area contributed by atoms with Crippen LogP contribution in [0.3, 0.4) is 0 Å². The molecule has 0 heterocycles. The molecular weight excluding hydrogens is 382 g/mol. The molecule has 0 spiro atoms. The predicted molar refractivity (Wildman–Crippen MR) is 115 cm³/mol. The number of aliphatic hydroxyl groups excluding tert-OH is 1. The van der Waals surface area contributed by atoms with Gasteiger partial charge in [-0.25, -0.2) is 9.59 Å². The highest BCUT2D eigenvalue weighted by Crippen LogP contribution is 2.17. The van der Waals surface area contributed by atoms with Crippen LogP contribution in [-0.4, -0.2) is 42.0 Å². The van der Waals surface area contributed by atoms with E-state index in [9.17, 15) is 14.7 Å². The minimum Gasteiger partial charge on any atom is -0.465 e. The fourth-order valence-electron chi connectivity index (χ4n) is 3.16. The molecule has 2 rings (SSSR count). The Hall–Kier alpha value is -2.86. The van der Waals surface area contributed by atoms with Gasteiger partial charge in [0.25, 0.3) is 0 Å². The van der Waals surface area contributed by atoms with Gasteiger partial charge in [0, 0.05) is 0 Å². The van der Waals surface area contributed by atoms with Crippen molar-refractivity contribution in [2.75, 3.05) is 7.11 Å². The quantitative estimate of drug-likeness (QED) is 0.641. The number of alkyl carbamates (subject to hydrolysis) is 1. The molecule has 6 heteroatoms. The molecule has 0 aliphatic rings. The zero-order valence-corrected chi connectivity index (χ0v) is 18.1. The van der Waals surface area contributed by atoms with Gasteiger partial charge in [-0.3, -0.25) is 0 Å². The molecule has 162 valence electrons. The SMILES string of the molecule is COC(=O)c1ccccc1CC[C@@H](O)[C@H](Cc1ccccc1)NC(=O)OC(C)(C)C. The summed E-state index contributed by atoms with van der Waals surface area (Å²) in [6.45, 7) is 5.37. The van der Waals surface area contributed by atoms with Crippen molar-refractivity contribution in [2.45, 2.75) is 57.8 Å². The minimum atomic E-state index is -0.830. The third-order valence-electron chi connectivity index (χ3n) is 4.60. The van der Waals surface area contributed by atoms with Gasteiger partial charge >= 0.3 is 12.1 Å². The normalized spacial score (nSPS) is 13.2. The van der Waals surface area contributed by atoms with Gasteiger partial charge in [-0.1, -0.05) is 48.5 Å². The molecule has 0 saturated carbocycles. The van der Waals surface area contributed by atoms with Crippen molar-refractivity contribution in [1.29, 1.82) is 0 Å². The summed E-state index contributed by atoms with van der Waals surface area (Å²) in [5, 5.41) is 13.7. The fraction of sp³-hybridized carbons (Fsp3) is 0.417. The second kappa shape index (κ2) is 10.8. The lowest BCUT2D eigenvalue weighted by Crippen LogP contribution is -2.46. The first-order valence-electron chi connectivity index (χ1n) is 10.1. The first-order valence-corrected chi connectivity index (χ1v) is 10.1. The minimum absolute atomic E-state index is 0.362. The number of ether oxygens (including phenoxy) is 2. The van der Waals surface area contributed by atoms with Crippen LogP contribution in [0.1, 0.15) is 48.7 Å². The summed E-state index contributed by atoms with van der Waals surface area (Å²) in [5.74, 6) is -0.409. The van der Waals surface area contributed by atoms with Gasteiger partial charge in [0.1, 0.15) is 5.60 Å². The van der Waals surface area contributed by atoms with Crippen LogP contribution in [0, 0.1) is 0 Å². The van der Waals surface area contributed by atoms with E-state index >= 15 is 0 Å². The standard InChI is InChI=1S/C24H31NO5/c1-24(2,3)30-23(28)25-20(16-17-10-6-5-7-11-17)21(26)15-14-18-12-8-9-13-19(18)22(27)29-4/h5-13,20-21,26H,14-16H2,1-4H3,(H,25,28)/t20-,21+/m0/s1. The van der Waals surface area contributed by atoms with Crippen molar-refractivity contribution in [3.63, 3.8) is 0 Å². The molecule has 0 fully saturated rings. The molecule has 2 atom stereocenters. The summed E-state index contributed by atoms with van der Waals surface area (Å²) in [6, 6.07) is 16.3. The average Bonchev–Trinajstić information content (AvgIpc) is 2.70. The summed E-state index contributed by atoms with van der Waals surface area (Å²) in [5.41, 5.74) is 1.63. The summed E-state index contributed by atoms with van der Waals surface area (Å²) >= 11 is 0. The Morgan fingerprint density at radius 2 is 1.67 bits per heavy atom. The van der Waals surface area contributed by atoms with E-state index in [-0.39, 0.29) is 0 Å². The van der Waals surface area contributed by atoms with Crippen LogP contribution in [0.2, 0.25) is 0 Å². The number of carbonyl (C=O) groups excluding carboxylic acids is 2. The first kappa shape index (κ1) is 23.4. The molecule has 0 aliphatic heterocycles. The van der Waals surface area contributed by atoms with Crippen LogP contribution < -0.4 is 5.32 Å².